The van der Waals surface area contributed by atoms with Gasteiger partial charge in [-0.1, -0.05) is 24.3 Å². The van der Waals surface area contributed by atoms with E-state index in [1.807, 2.05) is 66.7 Å². The second kappa shape index (κ2) is 7.99. The third-order valence-electron chi connectivity index (χ3n) is 4.23. The van der Waals surface area contributed by atoms with Gasteiger partial charge in [-0.3, -0.25) is 4.79 Å². The molecule has 0 aliphatic heterocycles. The highest BCUT2D eigenvalue weighted by molar-refractivity contribution is 7.99. The van der Waals surface area contributed by atoms with Gasteiger partial charge < -0.3 is 10.3 Å². The number of hydrogen-bond acceptors (Lipinski definition) is 4. The van der Waals surface area contributed by atoms with Crippen LogP contribution in [0.4, 0.5) is 5.69 Å². The van der Waals surface area contributed by atoms with Gasteiger partial charge in [0.1, 0.15) is 5.82 Å². The summed E-state index contributed by atoms with van der Waals surface area (Å²) in [6.45, 7) is 0. The molecule has 0 saturated carbocycles. The molecule has 4 aromatic rings. The number of fused-ring (bicyclic) bond motifs is 1. The summed E-state index contributed by atoms with van der Waals surface area (Å²) in [6.07, 6.45) is 0. The topological polar surface area (TPSA) is 81.6 Å². The van der Waals surface area contributed by atoms with Gasteiger partial charge in [0.25, 0.3) is 5.91 Å². The van der Waals surface area contributed by atoms with Crippen LogP contribution in [0.5, 0.6) is 0 Å². The molecular formula is C22H16N4OS. The predicted octanol–water partition coefficient (Wildman–Crippen LogP) is 5.10. The zero-order valence-electron chi connectivity index (χ0n) is 14.8. The van der Waals surface area contributed by atoms with Crippen molar-refractivity contribution in [1.82, 2.24) is 9.97 Å². The van der Waals surface area contributed by atoms with Gasteiger partial charge in [0.15, 0.2) is 0 Å². The van der Waals surface area contributed by atoms with Crippen molar-refractivity contribution in [3.05, 3.63) is 78.4 Å². The number of amides is 1. The number of nitrogens with one attached hydrogen (secondary N) is 2. The van der Waals surface area contributed by atoms with Gasteiger partial charge in [-0.15, -0.1) is 11.8 Å². The van der Waals surface area contributed by atoms with Gasteiger partial charge in [0.05, 0.1) is 28.4 Å². The van der Waals surface area contributed by atoms with Crippen molar-refractivity contribution < 1.29 is 4.79 Å². The highest BCUT2D eigenvalue weighted by atomic mass is 32.2. The van der Waals surface area contributed by atoms with Crippen molar-refractivity contribution in [3.63, 3.8) is 0 Å². The number of nitriles is 1. The minimum Gasteiger partial charge on any atom is -0.338 e. The smallest absolute Gasteiger partial charge is 0.256 e. The van der Waals surface area contributed by atoms with Crippen molar-refractivity contribution in [3.8, 4) is 17.5 Å². The molecule has 28 heavy (non-hydrogen) atoms. The van der Waals surface area contributed by atoms with E-state index < -0.39 is 0 Å². The van der Waals surface area contributed by atoms with E-state index in [9.17, 15) is 4.79 Å². The molecule has 2 N–H and O–H groups in total. The maximum absolute atomic E-state index is 12.6. The van der Waals surface area contributed by atoms with Crippen molar-refractivity contribution in [2.45, 2.75) is 4.90 Å². The van der Waals surface area contributed by atoms with Gasteiger partial charge >= 0.3 is 0 Å². The van der Waals surface area contributed by atoms with E-state index in [0.29, 0.717) is 17.0 Å². The lowest BCUT2D eigenvalue weighted by molar-refractivity contribution is 0.102. The number of H-pyrrole nitrogens is 1. The van der Waals surface area contributed by atoms with Crippen LogP contribution < -0.4 is 5.32 Å². The van der Waals surface area contributed by atoms with E-state index in [1.54, 1.807) is 6.07 Å². The number of hydrogen-bond donors (Lipinski definition) is 2. The molecule has 0 aliphatic carbocycles. The van der Waals surface area contributed by atoms with Crippen LogP contribution in [0.15, 0.2) is 77.7 Å². The maximum Gasteiger partial charge on any atom is 0.256 e. The maximum atomic E-state index is 12.6. The number of rotatable bonds is 5. The average Bonchev–Trinajstić information content (AvgIpc) is 3.17. The molecule has 0 saturated heterocycles. The SMILES string of the molecule is N#CCSc1ccccc1C(=O)Nc1ccc(-c2nc3ccccc3[nH]2)cc1. The van der Waals surface area contributed by atoms with Crippen molar-refractivity contribution in [2.24, 2.45) is 0 Å². The Morgan fingerprint density at radius 2 is 1.79 bits per heavy atom. The first-order chi connectivity index (χ1) is 13.7. The number of carbonyl (C=O) groups excluding carboxylic acids is 1. The molecule has 3 aromatic carbocycles. The Morgan fingerprint density at radius 1 is 1.04 bits per heavy atom. The molecule has 1 amide bonds. The number of anilines is 1. The molecule has 0 fully saturated rings. The number of para-hydroxylation sites is 2. The third-order valence-corrected chi connectivity index (χ3v) is 5.17. The monoisotopic (exact) mass is 384 g/mol. The molecule has 0 atom stereocenters. The largest absolute Gasteiger partial charge is 0.338 e. The Hall–Kier alpha value is -3.56. The van der Waals surface area contributed by atoms with Crippen LogP contribution in [0.3, 0.4) is 0 Å². The number of aromatic amines is 1. The molecule has 0 bridgehead atoms. The van der Waals surface area contributed by atoms with Crippen LogP contribution in [0.1, 0.15) is 10.4 Å². The van der Waals surface area contributed by atoms with E-state index >= 15 is 0 Å². The first kappa shape index (κ1) is 17.8. The molecule has 1 heterocycles. The van der Waals surface area contributed by atoms with Crippen molar-refractivity contribution >= 4 is 34.4 Å². The van der Waals surface area contributed by atoms with E-state index in [1.165, 1.54) is 11.8 Å². The highest BCUT2D eigenvalue weighted by Crippen LogP contribution is 2.25. The Kier molecular flexibility index (Phi) is 5.09. The summed E-state index contributed by atoms with van der Waals surface area (Å²) in [6, 6.07) is 24.8. The first-order valence-electron chi connectivity index (χ1n) is 8.70. The van der Waals surface area contributed by atoms with Gasteiger partial charge in [-0.05, 0) is 48.5 Å². The number of carbonyl (C=O) groups is 1. The Morgan fingerprint density at radius 3 is 2.57 bits per heavy atom. The molecule has 1 aromatic heterocycles. The van der Waals surface area contributed by atoms with Crippen LogP contribution in [0.2, 0.25) is 0 Å². The fourth-order valence-corrected chi connectivity index (χ4v) is 3.60. The summed E-state index contributed by atoms with van der Waals surface area (Å²) in [4.78, 5) is 21.3. The number of aromatic nitrogens is 2. The Labute approximate surface area is 166 Å². The number of imidazole rings is 1. The Balaban J connectivity index is 1.52. The van der Waals surface area contributed by atoms with E-state index in [4.69, 9.17) is 5.26 Å². The van der Waals surface area contributed by atoms with Crippen LogP contribution in [0, 0.1) is 11.3 Å². The number of thioether (sulfide) groups is 1. The van der Waals surface area contributed by atoms with E-state index in [0.717, 1.165) is 27.3 Å². The summed E-state index contributed by atoms with van der Waals surface area (Å²) < 4.78 is 0. The van der Waals surface area contributed by atoms with Gasteiger partial charge in [0.2, 0.25) is 0 Å². The third kappa shape index (κ3) is 3.75. The zero-order chi connectivity index (χ0) is 19.3. The lowest BCUT2D eigenvalue weighted by Crippen LogP contribution is -2.12. The quantitative estimate of drug-likeness (QED) is 0.469. The van der Waals surface area contributed by atoms with Crippen LogP contribution in [-0.2, 0) is 0 Å². The average molecular weight is 384 g/mol. The van der Waals surface area contributed by atoms with Gasteiger partial charge in [-0.25, -0.2) is 4.98 Å². The summed E-state index contributed by atoms with van der Waals surface area (Å²) in [5, 5.41) is 11.7. The van der Waals surface area contributed by atoms with E-state index in [-0.39, 0.29) is 5.91 Å². The molecule has 5 nitrogen and oxygen atoms in total. The molecular weight excluding hydrogens is 368 g/mol. The summed E-state index contributed by atoms with van der Waals surface area (Å²) in [5.41, 5.74) is 4.11. The van der Waals surface area contributed by atoms with Gasteiger partial charge in [-0.2, -0.15) is 5.26 Å². The highest BCUT2D eigenvalue weighted by Gasteiger charge is 2.12. The van der Waals surface area contributed by atoms with Crippen LogP contribution in [0.25, 0.3) is 22.4 Å². The van der Waals surface area contributed by atoms with Crippen LogP contribution in [-0.4, -0.2) is 21.6 Å². The van der Waals surface area contributed by atoms with E-state index in [2.05, 4.69) is 21.4 Å². The second-order valence-electron chi connectivity index (χ2n) is 6.08. The fourth-order valence-electron chi connectivity index (χ4n) is 2.89. The van der Waals surface area contributed by atoms with Crippen LogP contribution >= 0.6 is 11.8 Å². The van der Waals surface area contributed by atoms with Crippen molar-refractivity contribution in [2.75, 3.05) is 11.1 Å². The fraction of sp³-hybridized carbons (Fsp3) is 0.0455. The summed E-state index contributed by atoms with van der Waals surface area (Å²) in [5.74, 6) is 0.895. The predicted molar refractivity (Wildman–Crippen MR) is 112 cm³/mol. The summed E-state index contributed by atoms with van der Waals surface area (Å²) >= 11 is 1.35. The van der Waals surface area contributed by atoms with Crippen molar-refractivity contribution in [1.29, 1.82) is 5.26 Å². The first-order valence-corrected chi connectivity index (χ1v) is 9.68. The normalized spacial score (nSPS) is 10.5. The molecule has 0 radical (unpaired) electrons. The zero-order valence-corrected chi connectivity index (χ0v) is 15.7. The minimum absolute atomic E-state index is 0.197. The molecule has 6 heteroatoms. The lowest BCUT2D eigenvalue weighted by atomic mass is 10.1. The second-order valence-corrected chi connectivity index (χ2v) is 7.09. The lowest BCUT2D eigenvalue weighted by Gasteiger charge is -2.09. The molecule has 4 rings (SSSR count). The molecule has 0 spiro atoms. The minimum atomic E-state index is -0.197. The Bertz CT molecular complexity index is 1140. The summed E-state index contributed by atoms with van der Waals surface area (Å²) in [7, 11) is 0. The van der Waals surface area contributed by atoms with Gasteiger partial charge in [0, 0.05) is 16.1 Å². The molecule has 0 aliphatic rings. The number of nitrogens with zero attached hydrogens (tertiary/aromatic N) is 2. The number of benzene rings is 3. The standard InChI is InChI=1S/C22H16N4OS/c23-13-14-28-20-8-4-1-5-17(20)22(27)24-16-11-9-15(10-12-16)21-25-18-6-2-3-7-19(18)26-21/h1-12H,14H2,(H,24,27)(H,25,26). The molecule has 136 valence electrons. The molecule has 0 unspecified atom stereocenters.